The first-order valence-electron chi connectivity index (χ1n) is 2.85. The second-order valence-corrected chi connectivity index (χ2v) is 2.31. The lowest BCUT2D eigenvalue weighted by Crippen LogP contribution is -2.75. The molecule has 2 aliphatic rings. The van der Waals surface area contributed by atoms with Crippen molar-refractivity contribution in [3.05, 3.63) is 12.2 Å². The van der Waals surface area contributed by atoms with Crippen LogP contribution in [0.15, 0.2) is 12.2 Å². The highest BCUT2D eigenvalue weighted by Gasteiger charge is 2.57. The van der Waals surface area contributed by atoms with Crippen LogP contribution in [0.3, 0.4) is 0 Å². The summed E-state index contributed by atoms with van der Waals surface area (Å²) in [5.74, 6) is -0.0162. The molecule has 1 heterocycles. The molecule has 0 radical (unpaired) electrons. The molecule has 1 N–H and O–H groups in total. The molecule has 1 aliphatic heterocycles. The highest BCUT2D eigenvalue weighted by Crippen LogP contribution is 2.34. The number of fused-ring (bicyclic) bond motifs is 1. The molecule has 0 unspecified atom stereocenters. The fourth-order valence-corrected chi connectivity index (χ4v) is 1.20. The second-order valence-electron chi connectivity index (χ2n) is 2.31. The van der Waals surface area contributed by atoms with Crippen LogP contribution in [0.2, 0.25) is 0 Å². The zero-order valence-electron chi connectivity index (χ0n) is 5.05. The van der Waals surface area contributed by atoms with Gasteiger partial charge in [-0.1, -0.05) is 6.08 Å². The number of nitrogens with one attached hydrogen (secondary N) is 1. The Bertz CT molecular complexity index is 199. The van der Waals surface area contributed by atoms with Crippen LogP contribution in [0.1, 0.15) is 0 Å². The Morgan fingerprint density at radius 2 is 2.67 bits per heavy atom. The fraction of sp³-hybridized carbons (Fsp3) is 0.500. The predicted molar refractivity (Wildman–Crippen MR) is 30.8 cm³/mol. The van der Waals surface area contributed by atoms with Crippen LogP contribution in [0, 0.1) is 0 Å². The van der Waals surface area contributed by atoms with E-state index in [0.29, 0.717) is 0 Å². The predicted octanol–water partition coefficient (Wildman–Crippen LogP) is -0.560. The van der Waals surface area contributed by atoms with E-state index in [4.69, 9.17) is 4.74 Å². The molecule has 0 aromatic rings. The molecule has 1 amide bonds. The zero-order chi connectivity index (χ0) is 6.48. The Hall–Kier alpha value is -0.830. The van der Waals surface area contributed by atoms with E-state index in [2.05, 4.69) is 5.32 Å². The highest BCUT2D eigenvalue weighted by atomic mass is 16.5. The second kappa shape index (κ2) is 1.19. The molecule has 2 atom stereocenters. The average molecular weight is 125 g/mol. The number of hydrogen-bond acceptors (Lipinski definition) is 2. The minimum atomic E-state index is -0.569. The van der Waals surface area contributed by atoms with Gasteiger partial charge in [-0.25, -0.2) is 0 Å². The SMILES string of the molecule is CO[C@]12C=C[C@H]1NC2=O. The van der Waals surface area contributed by atoms with Crippen LogP contribution in [0.4, 0.5) is 0 Å². The van der Waals surface area contributed by atoms with Gasteiger partial charge in [-0.15, -0.1) is 0 Å². The molecule has 0 saturated carbocycles. The van der Waals surface area contributed by atoms with Crippen LogP contribution < -0.4 is 5.32 Å². The summed E-state index contributed by atoms with van der Waals surface area (Å²) in [6.07, 6.45) is 3.71. The molecular weight excluding hydrogens is 118 g/mol. The third-order valence-corrected chi connectivity index (χ3v) is 1.98. The lowest BCUT2D eigenvalue weighted by atomic mass is 9.75. The van der Waals surface area contributed by atoms with Crippen molar-refractivity contribution in [2.45, 2.75) is 11.6 Å². The monoisotopic (exact) mass is 125 g/mol. The van der Waals surface area contributed by atoms with Crippen molar-refractivity contribution < 1.29 is 9.53 Å². The van der Waals surface area contributed by atoms with Gasteiger partial charge in [-0.3, -0.25) is 4.79 Å². The summed E-state index contributed by atoms with van der Waals surface area (Å²) >= 11 is 0. The van der Waals surface area contributed by atoms with Gasteiger partial charge >= 0.3 is 0 Å². The number of carbonyl (C=O) groups is 1. The van der Waals surface area contributed by atoms with Gasteiger partial charge in [0.05, 0.1) is 6.04 Å². The Morgan fingerprint density at radius 1 is 1.89 bits per heavy atom. The summed E-state index contributed by atoms with van der Waals surface area (Å²) in [6, 6.07) is 0.148. The normalized spacial score (nSPS) is 44.6. The van der Waals surface area contributed by atoms with Crippen LogP contribution in [-0.2, 0) is 9.53 Å². The number of hydrogen-bond donors (Lipinski definition) is 1. The first-order valence-corrected chi connectivity index (χ1v) is 2.85. The van der Waals surface area contributed by atoms with Crippen molar-refractivity contribution in [3.8, 4) is 0 Å². The van der Waals surface area contributed by atoms with Crippen molar-refractivity contribution in [3.63, 3.8) is 0 Å². The smallest absolute Gasteiger partial charge is 0.259 e. The largest absolute Gasteiger partial charge is 0.362 e. The van der Waals surface area contributed by atoms with Crippen LogP contribution in [0.5, 0.6) is 0 Å². The molecule has 9 heavy (non-hydrogen) atoms. The van der Waals surface area contributed by atoms with E-state index in [9.17, 15) is 4.79 Å². The molecule has 1 fully saturated rings. The standard InChI is InChI=1S/C6H7NO2/c1-9-6-3-2-4(6)7-5(6)8/h2-4H,1H3,(H,7,8)/t4-,6-/m1/s1. The third-order valence-electron chi connectivity index (χ3n) is 1.98. The molecule has 3 heteroatoms. The van der Waals surface area contributed by atoms with E-state index in [1.165, 1.54) is 0 Å². The van der Waals surface area contributed by atoms with Gasteiger partial charge in [0.1, 0.15) is 0 Å². The summed E-state index contributed by atoms with van der Waals surface area (Å²) in [5.41, 5.74) is -0.569. The van der Waals surface area contributed by atoms with Crippen LogP contribution in [0.25, 0.3) is 0 Å². The van der Waals surface area contributed by atoms with Gasteiger partial charge in [0, 0.05) is 7.11 Å². The summed E-state index contributed by atoms with van der Waals surface area (Å²) in [5, 5.41) is 2.68. The molecule has 1 aliphatic carbocycles. The van der Waals surface area contributed by atoms with Crippen molar-refractivity contribution in [1.29, 1.82) is 0 Å². The topological polar surface area (TPSA) is 38.3 Å². The Kier molecular flexibility index (Phi) is 0.658. The number of amides is 1. The molecule has 0 spiro atoms. The minimum Gasteiger partial charge on any atom is -0.362 e. The number of ether oxygens (including phenoxy) is 1. The maximum absolute atomic E-state index is 10.8. The molecule has 48 valence electrons. The summed E-state index contributed by atoms with van der Waals surface area (Å²) in [4.78, 5) is 10.8. The molecular formula is C6H7NO2. The van der Waals surface area contributed by atoms with E-state index in [1.807, 2.05) is 6.08 Å². The van der Waals surface area contributed by atoms with Gasteiger partial charge in [0.2, 0.25) is 0 Å². The summed E-state index contributed by atoms with van der Waals surface area (Å²) in [7, 11) is 1.55. The van der Waals surface area contributed by atoms with Gasteiger partial charge < -0.3 is 10.1 Å². The van der Waals surface area contributed by atoms with Crippen molar-refractivity contribution in [2.75, 3.05) is 7.11 Å². The first kappa shape index (κ1) is 4.99. The molecule has 0 bridgehead atoms. The molecule has 2 rings (SSSR count). The van der Waals surface area contributed by atoms with E-state index in [1.54, 1.807) is 13.2 Å². The Morgan fingerprint density at radius 3 is 2.78 bits per heavy atom. The lowest BCUT2D eigenvalue weighted by Gasteiger charge is -2.49. The Balaban J connectivity index is 2.30. The maximum Gasteiger partial charge on any atom is 0.259 e. The summed E-state index contributed by atoms with van der Waals surface area (Å²) in [6.45, 7) is 0. The maximum atomic E-state index is 10.8. The fourth-order valence-electron chi connectivity index (χ4n) is 1.20. The average Bonchev–Trinajstić information content (AvgIpc) is 1.84. The minimum absolute atomic E-state index is 0.0162. The van der Waals surface area contributed by atoms with Crippen LogP contribution >= 0.6 is 0 Å². The van der Waals surface area contributed by atoms with Crippen molar-refractivity contribution in [1.82, 2.24) is 5.32 Å². The molecule has 1 saturated heterocycles. The van der Waals surface area contributed by atoms with E-state index < -0.39 is 5.60 Å². The molecule has 3 nitrogen and oxygen atoms in total. The zero-order valence-corrected chi connectivity index (χ0v) is 5.05. The van der Waals surface area contributed by atoms with Crippen LogP contribution in [-0.4, -0.2) is 24.7 Å². The number of β-lactam (4-membered cyclic amide) rings is 1. The third kappa shape index (κ3) is 0.328. The first-order chi connectivity index (χ1) is 4.29. The van der Waals surface area contributed by atoms with E-state index >= 15 is 0 Å². The lowest BCUT2D eigenvalue weighted by molar-refractivity contribution is -0.157. The van der Waals surface area contributed by atoms with Gasteiger partial charge in [-0.2, -0.15) is 0 Å². The van der Waals surface area contributed by atoms with Crippen molar-refractivity contribution in [2.24, 2.45) is 0 Å². The molecule has 0 aromatic heterocycles. The summed E-state index contributed by atoms with van der Waals surface area (Å²) < 4.78 is 4.99. The van der Waals surface area contributed by atoms with E-state index in [0.717, 1.165) is 0 Å². The number of carbonyl (C=O) groups excluding carboxylic acids is 1. The van der Waals surface area contributed by atoms with E-state index in [-0.39, 0.29) is 11.9 Å². The van der Waals surface area contributed by atoms with Gasteiger partial charge in [0.25, 0.3) is 5.91 Å². The number of rotatable bonds is 1. The highest BCUT2D eigenvalue weighted by molar-refractivity contribution is 5.98. The Labute approximate surface area is 52.7 Å². The van der Waals surface area contributed by atoms with Gasteiger partial charge in [-0.05, 0) is 6.08 Å². The van der Waals surface area contributed by atoms with Gasteiger partial charge in [0.15, 0.2) is 5.60 Å². The number of methoxy groups -OCH3 is 1. The molecule has 0 aromatic carbocycles. The quantitative estimate of drug-likeness (QED) is 0.377. The van der Waals surface area contributed by atoms with Crippen molar-refractivity contribution >= 4 is 5.91 Å².